The fourth-order valence-electron chi connectivity index (χ4n) is 1.40. The molecule has 0 aliphatic carbocycles. The van der Waals surface area contributed by atoms with Crippen LogP contribution in [0.4, 0.5) is 11.4 Å². The number of fused-ring (bicyclic) bond motifs is 1. The van der Waals surface area contributed by atoms with Crippen molar-refractivity contribution in [1.82, 2.24) is 5.16 Å². The van der Waals surface area contributed by atoms with Gasteiger partial charge in [0.2, 0.25) is 0 Å². The summed E-state index contributed by atoms with van der Waals surface area (Å²) in [6, 6.07) is 0. The van der Waals surface area contributed by atoms with Gasteiger partial charge in [-0.1, -0.05) is 0 Å². The average molecular weight is 258 g/mol. The summed E-state index contributed by atoms with van der Waals surface area (Å²) in [6.45, 7) is 0. The molecule has 0 unspecified atom stereocenters. The highest BCUT2D eigenvalue weighted by Gasteiger charge is 2.40. The van der Waals surface area contributed by atoms with Gasteiger partial charge in [0.25, 0.3) is 17.0 Å². The zero-order valence-electron chi connectivity index (χ0n) is 8.13. The Labute approximate surface area is 95.1 Å². The lowest BCUT2D eigenvalue weighted by Gasteiger charge is -1.99. The van der Waals surface area contributed by atoms with Crippen LogP contribution in [0.15, 0.2) is 4.63 Å². The lowest BCUT2D eigenvalue weighted by molar-refractivity contribution is -0.782. The van der Waals surface area contributed by atoms with Gasteiger partial charge < -0.3 is 15.4 Å². The van der Waals surface area contributed by atoms with Crippen LogP contribution >= 0.6 is 0 Å². The van der Waals surface area contributed by atoms with Crippen LogP contribution in [0.5, 0.6) is 11.5 Å². The minimum Gasteiger partial charge on any atom is -0.499 e. The molecule has 0 saturated heterocycles. The number of hydrogen-bond donors (Lipinski definition) is 2. The van der Waals surface area contributed by atoms with Crippen molar-refractivity contribution in [1.29, 1.82) is 0 Å². The Morgan fingerprint density at radius 3 is 2.17 bits per heavy atom. The molecule has 12 nitrogen and oxygen atoms in total. The molecule has 2 N–H and O–H groups in total. The molecule has 1 aromatic heterocycles. The predicted molar refractivity (Wildman–Crippen MR) is 49.6 cm³/mol. The molecular formula is C6H2N4O8. The molecule has 0 spiro atoms. The van der Waals surface area contributed by atoms with E-state index in [1.165, 1.54) is 0 Å². The van der Waals surface area contributed by atoms with E-state index in [-0.39, 0.29) is 0 Å². The highest BCUT2D eigenvalue weighted by atomic mass is 16.8. The number of phenolic OH excluding ortho intramolecular Hbond substituents is 2. The molecule has 2 rings (SSSR count). The number of phenols is 2. The lowest BCUT2D eigenvalue weighted by atomic mass is 10.2. The second-order valence-corrected chi connectivity index (χ2v) is 3.04. The molecule has 0 fully saturated rings. The van der Waals surface area contributed by atoms with Crippen molar-refractivity contribution in [2.45, 2.75) is 0 Å². The third-order valence-electron chi connectivity index (χ3n) is 2.10. The Morgan fingerprint density at radius 2 is 1.67 bits per heavy atom. The monoisotopic (exact) mass is 258 g/mol. The zero-order valence-corrected chi connectivity index (χ0v) is 8.13. The largest absolute Gasteiger partial charge is 0.499 e. The summed E-state index contributed by atoms with van der Waals surface area (Å²) >= 11 is 0. The normalized spacial score (nSPS) is 10.7. The van der Waals surface area contributed by atoms with Crippen LogP contribution in [0, 0.1) is 25.4 Å². The van der Waals surface area contributed by atoms with Crippen LogP contribution in [0.2, 0.25) is 0 Å². The number of nitro benzene ring substituents is 2. The van der Waals surface area contributed by atoms with Gasteiger partial charge in [0.1, 0.15) is 0 Å². The topological polar surface area (TPSA) is 180 Å². The molecule has 0 aliphatic heterocycles. The Morgan fingerprint density at radius 1 is 1.11 bits per heavy atom. The molecule has 2 aromatic rings. The van der Waals surface area contributed by atoms with E-state index in [1.807, 2.05) is 0 Å². The van der Waals surface area contributed by atoms with Crippen molar-refractivity contribution < 1.29 is 29.6 Å². The number of benzene rings is 1. The highest BCUT2D eigenvalue weighted by Crippen LogP contribution is 2.47. The maximum atomic E-state index is 11.1. The van der Waals surface area contributed by atoms with Crippen LogP contribution in [0.25, 0.3) is 11.0 Å². The van der Waals surface area contributed by atoms with E-state index in [0.717, 1.165) is 0 Å². The maximum Gasteiger partial charge on any atom is 0.375 e. The van der Waals surface area contributed by atoms with Gasteiger partial charge in [0.05, 0.1) is 15.0 Å². The van der Waals surface area contributed by atoms with E-state index in [0.29, 0.717) is 0 Å². The smallest absolute Gasteiger partial charge is 0.375 e. The van der Waals surface area contributed by atoms with Crippen LogP contribution in [0.1, 0.15) is 0 Å². The summed E-state index contributed by atoms with van der Waals surface area (Å²) in [5, 5.41) is 54.1. The van der Waals surface area contributed by atoms with E-state index >= 15 is 0 Å². The standard InChI is InChI=1S/C6H2N4O8/c11-5-2(8(13)14)1-3(10(17)18-7-1)6(12)4(5)9(15)16/h11-12H. The Kier molecular flexibility index (Phi) is 2.14. The van der Waals surface area contributed by atoms with Gasteiger partial charge in [-0.05, 0) is 4.90 Å². The van der Waals surface area contributed by atoms with Crippen molar-refractivity contribution in [3.05, 3.63) is 25.4 Å². The van der Waals surface area contributed by atoms with E-state index in [1.54, 1.807) is 0 Å². The zero-order chi connectivity index (χ0) is 13.6. The van der Waals surface area contributed by atoms with Crippen LogP contribution in [-0.4, -0.2) is 25.2 Å². The number of nitro groups is 2. The van der Waals surface area contributed by atoms with E-state index in [9.17, 15) is 35.6 Å². The summed E-state index contributed by atoms with van der Waals surface area (Å²) in [6.07, 6.45) is 0. The van der Waals surface area contributed by atoms with Gasteiger partial charge in [-0.3, -0.25) is 24.9 Å². The Bertz CT molecular complexity index is 691. The first-order chi connectivity index (χ1) is 8.36. The van der Waals surface area contributed by atoms with Gasteiger partial charge in [-0.25, -0.2) is 0 Å². The molecule has 94 valence electrons. The Balaban J connectivity index is 3.08. The third-order valence-corrected chi connectivity index (χ3v) is 2.10. The van der Waals surface area contributed by atoms with Crippen molar-refractivity contribution in [2.24, 2.45) is 0 Å². The maximum absolute atomic E-state index is 11.1. The highest BCUT2D eigenvalue weighted by molar-refractivity contribution is 5.94. The van der Waals surface area contributed by atoms with Crippen LogP contribution in [0.3, 0.4) is 0 Å². The first-order valence-corrected chi connectivity index (χ1v) is 4.12. The van der Waals surface area contributed by atoms with Crippen LogP contribution in [-0.2, 0) is 0 Å². The first kappa shape index (κ1) is 11.3. The Hall–Kier alpha value is -3.18. The van der Waals surface area contributed by atoms with Gasteiger partial charge in [0, 0.05) is 0 Å². The van der Waals surface area contributed by atoms with Crippen molar-refractivity contribution in [2.75, 3.05) is 0 Å². The number of nitrogens with zero attached hydrogens (tertiary/aromatic N) is 4. The first-order valence-electron chi connectivity index (χ1n) is 4.12. The number of hydrogen-bond acceptors (Lipinski definition) is 9. The molecule has 18 heavy (non-hydrogen) atoms. The van der Waals surface area contributed by atoms with Gasteiger partial charge in [-0.2, -0.15) is 0 Å². The molecule has 1 aromatic carbocycles. The quantitative estimate of drug-likeness (QED) is 0.414. The molecule has 0 aliphatic rings. The molecule has 0 radical (unpaired) electrons. The molecule has 0 bridgehead atoms. The van der Waals surface area contributed by atoms with E-state index in [2.05, 4.69) is 9.79 Å². The number of aromatic nitrogens is 2. The summed E-state index contributed by atoms with van der Waals surface area (Å²) in [7, 11) is 0. The minimum absolute atomic E-state index is 0.440. The average Bonchev–Trinajstić information content (AvgIpc) is 2.59. The summed E-state index contributed by atoms with van der Waals surface area (Å²) < 4.78 is 3.99. The minimum atomic E-state index is -1.41. The molecule has 0 atom stereocenters. The fraction of sp³-hybridized carbons (Fsp3) is 0. The predicted octanol–water partition coefficient (Wildman–Crippen LogP) is -0.311. The van der Waals surface area contributed by atoms with E-state index in [4.69, 9.17) is 0 Å². The summed E-state index contributed by atoms with van der Waals surface area (Å²) in [5.74, 6) is -2.68. The summed E-state index contributed by atoms with van der Waals surface area (Å²) in [5.41, 5.74) is -4.28. The van der Waals surface area contributed by atoms with Gasteiger partial charge in [-0.15, -0.1) is 0 Å². The van der Waals surface area contributed by atoms with Gasteiger partial charge in [0.15, 0.2) is 0 Å². The van der Waals surface area contributed by atoms with Gasteiger partial charge >= 0.3 is 16.9 Å². The lowest BCUT2D eigenvalue weighted by Crippen LogP contribution is -2.22. The van der Waals surface area contributed by atoms with Crippen LogP contribution < -0.4 is 4.90 Å². The number of aromatic hydroxyl groups is 2. The SMILES string of the molecule is O=[N+]([O-])c1c(O)c([N+](=O)[O-])c2no[n+]([O-])c2c1O. The molecule has 0 amide bonds. The fourth-order valence-corrected chi connectivity index (χ4v) is 1.40. The number of rotatable bonds is 2. The van der Waals surface area contributed by atoms with Crippen molar-refractivity contribution in [3.63, 3.8) is 0 Å². The third kappa shape index (κ3) is 1.25. The van der Waals surface area contributed by atoms with Crippen molar-refractivity contribution in [3.8, 4) is 11.5 Å². The molecule has 12 heteroatoms. The molecule has 1 heterocycles. The second-order valence-electron chi connectivity index (χ2n) is 3.04. The van der Waals surface area contributed by atoms with E-state index < -0.39 is 48.7 Å². The molecular weight excluding hydrogens is 256 g/mol. The molecule has 0 saturated carbocycles. The second kappa shape index (κ2) is 3.41. The van der Waals surface area contributed by atoms with Crippen molar-refractivity contribution >= 4 is 22.4 Å². The summed E-state index contributed by atoms with van der Waals surface area (Å²) in [4.78, 5) is 18.4.